The highest BCUT2D eigenvalue weighted by molar-refractivity contribution is 7.89. The van der Waals surface area contributed by atoms with E-state index in [4.69, 9.17) is 5.14 Å². The van der Waals surface area contributed by atoms with Gasteiger partial charge in [0.2, 0.25) is 15.9 Å². The summed E-state index contributed by atoms with van der Waals surface area (Å²) in [4.78, 5) is 14.0. The molecule has 0 aliphatic heterocycles. The lowest BCUT2D eigenvalue weighted by Crippen LogP contribution is -2.33. The Hall–Kier alpha value is -1.40. The van der Waals surface area contributed by atoms with E-state index in [1.54, 1.807) is 11.9 Å². The number of benzene rings is 1. The lowest BCUT2D eigenvalue weighted by molar-refractivity contribution is -0.132. The molecule has 0 saturated carbocycles. The summed E-state index contributed by atoms with van der Waals surface area (Å²) in [5, 5.41) is 4.95. The summed E-state index contributed by atoms with van der Waals surface area (Å²) in [6.07, 6.45) is 3.56. The van der Waals surface area contributed by atoms with Crippen LogP contribution >= 0.6 is 0 Å². The number of carbonyl (C=O) groups is 1. The molecule has 1 aromatic carbocycles. The van der Waals surface area contributed by atoms with Crippen LogP contribution in [0.25, 0.3) is 0 Å². The van der Waals surface area contributed by atoms with Gasteiger partial charge in [0.15, 0.2) is 0 Å². The molecule has 0 aromatic heterocycles. The number of primary sulfonamides is 1. The van der Waals surface area contributed by atoms with Crippen LogP contribution in [0.1, 0.15) is 42.9 Å². The van der Waals surface area contributed by atoms with Crippen molar-refractivity contribution in [2.45, 2.75) is 38.1 Å². The first-order valence-corrected chi connectivity index (χ1v) is 8.94. The molecular formula is C15H22N2O3S. The Morgan fingerprint density at radius 3 is 2.81 bits per heavy atom. The normalized spacial score (nSPS) is 18.1. The van der Waals surface area contributed by atoms with Crippen molar-refractivity contribution in [1.29, 1.82) is 0 Å². The predicted octanol–water partition coefficient (Wildman–Crippen LogP) is 1.59. The van der Waals surface area contributed by atoms with Gasteiger partial charge in [-0.3, -0.25) is 4.79 Å². The van der Waals surface area contributed by atoms with E-state index in [1.807, 2.05) is 12.1 Å². The summed E-state index contributed by atoms with van der Waals surface area (Å²) >= 11 is 0. The van der Waals surface area contributed by atoms with Crippen molar-refractivity contribution in [1.82, 2.24) is 4.90 Å². The van der Waals surface area contributed by atoms with E-state index < -0.39 is 10.0 Å². The Balaban J connectivity index is 2.00. The summed E-state index contributed by atoms with van der Waals surface area (Å²) in [5.74, 6) is -0.172. The second-order valence-corrected chi connectivity index (χ2v) is 7.32. The van der Waals surface area contributed by atoms with Gasteiger partial charge in [-0.25, -0.2) is 13.6 Å². The van der Waals surface area contributed by atoms with Crippen molar-refractivity contribution >= 4 is 15.9 Å². The largest absolute Gasteiger partial charge is 0.339 e. The summed E-state index contributed by atoms with van der Waals surface area (Å²) in [6.45, 7) is 0. The molecule has 0 heterocycles. The van der Waals surface area contributed by atoms with Gasteiger partial charge in [0, 0.05) is 13.5 Å². The molecule has 0 saturated heterocycles. The highest BCUT2D eigenvalue weighted by Crippen LogP contribution is 2.33. The number of hydrogen-bond acceptors (Lipinski definition) is 3. The fourth-order valence-corrected chi connectivity index (χ4v) is 3.45. The van der Waals surface area contributed by atoms with Crippen LogP contribution in [-0.2, 0) is 21.2 Å². The fourth-order valence-electron chi connectivity index (χ4n) is 2.91. The predicted molar refractivity (Wildman–Crippen MR) is 82.1 cm³/mol. The number of aryl methyl sites for hydroxylation is 1. The maximum Gasteiger partial charge on any atom is 0.222 e. The molecule has 1 aliphatic rings. The molecule has 1 aliphatic carbocycles. The third kappa shape index (κ3) is 4.28. The number of sulfonamides is 1. The highest BCUT2D eigenvalue weighted by atomic mass is 32.2. The lowest BCUT2D eigenvalue weighted by atomic mass is 9.87. The number of amides is 1. The van der Waals surface area contributed by atoms with Crippen LogP contribution in [0.4, 0.5) is 0 Å². The first kappa shape index (κ1) is 16.0. The third-order valence-electron chi connectivity index (χ3n) is 4.02. The van der Waals surface area contributed by atoms with Crippen LogP contribution in [0, 0.1) is 0 Å². The second-order valence-electron chi connectivity index (χ2n) is 5.58. The van der Waals surface area contributed by atoms with Gasteiger partial charge < -0.3 is 4.90 Å². The van der Waals surface area contributed by atoms with Gasteiger partial charge in [-0.05, 0) is 36.8 Å². The molecule has 21 heavy (non-hydrogen) atoms. The first-order chi connectivity index (χ1) is 9.88. The van der Waals surface area contributed by atoms with E-state index in [2.05, 4.69) is 12.1 Å². The van der Waals surface area contributed by atoms with Crippen LogP contribution in [0.5, 0.6) is 0 Å². The van der Waals surface area contributed by atoms with E-state index >= 15 is 0 Å². The Morgan fingerprint density at radius 1 is 1.38 bits per heavy atom. The zero-order chi connectivity index (χ0) is 15.5. The minimum absolute atomic E-state index is 0.0275. The second kappa shape index (κ2) is 6.58. The van der Waals surface area contributed by atoms with E-state index in [0.29, 0.717) is 0 Å². The van der Waals surface area contributed by atoms with Crippen molar-refractivity contribution in [3.05, 3.63) is 35.4 Å². The Bertz CT molecular complexity index is 613. The molecule has 0 spiro atoms. The molecule has 1 atom stereocenters. The van der Waals surface area contributed by atoms with Crippen molar-refractivity contribution in [2.24, 2.45) is 5.14 Å². The molecular weight excluding hydrogens is 288 g/mol. The number of hydrogen-bond donors (Lipinski definition) is 1. The van der Waals surface area contributed by atoms with Gasteiger partial charge in [0.25, 0.3) is 0 Å². The van der Waals surface area contributed by atoms with Gasteiger partial charge in [0.05, 0.1) is 11.8 Å². The Morgan fingerprint density at radius 2 is 2.10 bits per heavy atom. The number of rotatable bonds is 5. The topological polar surface area (TPSA) is 80.5 Å². The molecule has 5 nitrogen and oxygen atoms in total. The van der Waals surface area contributed by atoms with E-state index in [0.717, 1.165) is 19.3 Å². The highest BCUT2D eigenvalue weighted by Gasteiger charge is 2.26. The fraction of sp³-hybridized carbons (Fsp3) is 0.533. The van der Waals surface area contributed by atoms with Gasteiger partial charge >= 0.3 is 0 Å². The van der Waals surface area contributed by atoms with Crippen molar-refractivity contribution in [3.63, 3.8) is 0 Å². The zero-order valence-electron chi connectivity index (χ0n) is 12.3. The monoisotopic (exact) mass is 310 g/mol. The SMILES string of the molecule is CN(C(=O)CCCS(N)(=O)=O)[C@@H]1CCCc2ccccc21. The Kier molecular flexibility index (Phi) is 5.00. The quantitative estimate of drug-likeness (QED) is 0.897. The van der Waals surface area contributed by atoms with Crippen molar-refractivity contribution in [3.8, 4) is 0 Å². The summed E-state index contributed by atoms with van der Waals surface area (Å²) in [6, 6.07) is 8.30. The van der Waals surface area contributed by atoms with Crippen LogP contribution in [0.2, 0.25) is 0 Å². The van der Waals surface area contributed by atoms with E-state index in [-0.39, 0.29) is 30.5 Å². The lowest BCUT2D eigenvalue weighted by Gasteiger charge is -2.33. The van der Waals surface area contributed by atoms with Gasteiger partial charge in [-0.1, -0.05) is 24.3 Å². The van der Waals surface area contributed by atoms with Crippen LogP contribution in [0.15, 0.2) is 24.3 Å². The van der Waals surface area contributed by atoms with Crippen LogP contribution in [0.3, 0.4) is 0 Å². The zero-order valence-corrected chi connectivity index (χ0v) is 13.1. The number of nitrogens with zero attached hydrogens (tertiary/aromatic N) is 1. The number of nitrogens with two attached hydrogens (primary N) is 1. The maximum atomic E-state index is 12.2. The average Bonchev–Trinajstić information content (AvgIpc) is 2.44. The minimum atomic E-state index is -3.49. The maximum absolute atomic E-state index is 12.2. The summed E-state index contributed by atoms with van der Waals surface area (Å²) in [7, 11) is -1.69. The molecule has 2 N–H and O–H groups in total. The van der Waals surface area contributed by atoms with Gasteiger partial charge in [0.1, 0.15) is 0 Å². The van der Waals surface area contributed by atoms with E-state index in [1.165, 1.54) is 11.1 Å². The molecule has 0 bridgehead atoms. The molecule has 0 unspecified atom stereocenters. The number of carbonyl (C=O) groups excluding carboxylic acids is 1. The summed E-state index contributed by atoms with van der Waals surface area (Å²) < 4.78 is 21.8. The first-order valence-electron chi connectivity index (χ1n) is 7.22. The molecule has 1 amide bonds. The third-order valence-corrected chi connectivity index (χ3v) is 4.88. The standard InChI is InChI=1S/C15H22N2O3S/c1-17(15(18)10-5-11-21(16,19)20)14-9-4-7-12-6-2-3-8-13(12)14/h2-3,6,8,14H,4-5,7,9-11H2,1H3,(H2,16,19,20)/t14-/m1/s1. The van der Waals surface area contributed by atoms with E-state index in [9.17, 15) is 13.2 Å². The van der Waals surface area contributed by atoms with Gasteiger partial charge in [-0.15, -0.1) is 0 Å². The Labute approximate surface area is 126 Å². The molecule has 116 valence electrons. The molecule has 2 rings (SSSR count). The smallest absolute Gasteiger partial charge is 0.222 e. The average molecular weight is 310 g/mol. The number of fused-ring (bicyclic) bond motifs is 1. The van der Waals surface area contributed by atoms with Crippen LogP contribution < -0.4 is 5.14 Å². The minimum Gasteiger partial charge on any atom is -0.339 e. The molecule has 6 heteroatoms. The van der Waals surface area contributed by atoms with Gasteiger partial charge in [-0.2, -0.15) is 0 Å². The van der Waals surface area contributed by atoms with Crippen molar-refractivity contribution in [2.75, 3.05) is 12.8 Å². The van der Waals surface area contributed by atoms with Crippen molar-refractivity contribution < 1.29 is 13.2 Å². The van der Waals surface area contributed by atoms with Crippen LogP contribution in [-0.4, -0.2) is 32.0 Å². The molecule has 0 fully saturated rings. The molecule has 0 radical (unpaired) electrons. The summed E-state index contributed by atoms with van der Waals surface area (Å²) in [5.41, 5.74) is 2.52. The molecule has 1 aromatic rings.